The van der Waals surface area contributed by atoms with E-state index in [0.29, 0.717) is 28.3 Å². The molecule has 0 aromatic heterocycles. The lowest BCUT2D eigenvalue weighted by atomic mass is 9.81. The van der Waals surface area contributed by atoms with Crippen molar-refractivity contribution in [3.8, 4) is 5.75 Å². The van der Waals surface area contributed by atoms with Gasteiger partial charge in [-0.3, -0.25) is 0 Å². The lowest BCUT2D eigenvalue weighted by Gasteiger charge is -2.47. The van der Waals surface area contributed by atoms with Crippen molar-refractivity contribution in [2.45, 2.75) is 56.1 Å². The van der Waals surface area contributed by atoms with Gasteiger partial charge in [0.25, 0.3) is 0 Å². The van der Waals surface area contributed by atoms with Crippen LogP contribution in [0, 0.1) is 5.82 Å². The number of benzene rings is 2. The van der Waals surface area contributed by atoms with Gasteiger partial charge in [0.2, 0.25) is 5.79 Å². The quantitative estimate of drug-likeness (QED) is 0.512. The van der Waals surface area contributed by atoms with Gasteiger partial charge in [-0.1, -0.05) is 23.7 Å². The predicted octanol–water partition coefficient (Wildman–Crippen LogP) is 1.88. The number of fused-ring (bicyclic) bond motifs is 2. The molecule has 2 saturated heterocycles. The largest absolute Gasteiger partial charge is 0.491 e. The van der Waals surface area contributed by atoms with E-state index in [1.165, 1.54) is 13.0 Å². The Balaban J connectivity index is 1.69. The van der Waals surface area contributed by atoms with E-state index in [2.05, 4.69) is 0 Å². The molecule has 174 valence electrons. The molecule has 2 fully saturated rings. The highest BCUT2D eigenvalue weighted by Gasteiger charge is 2.68. The molecule has 9 heteroatoms. The van der Waals surface area contributed by atoms with Gasteiger partial charge in [0.1, 0.15) is 23.9 Å². The summed E-state index contributed by atoms with van der Waals surface area (Å²) in [6.45, 7) is 3.30. The SMILES string of the molecule is CCOc1ccc(Cc2cc(C34OCC(C(C)O)(O3)[C@@H](O)[C@H](O)[C@H]4O)ccc2Cl)cc1F. The van der Waals surface area contributed by atoms with E-state index in [9.17, 15) is 24.8 Å². The minimum absolute atomic E-state index is 0.162. The van der Waals surface area contributed by atoms with E-state index >= 15 is 0 Å². The topological polar surface area (TPSA) is 109 Å². The Bertz CT molecular complexity index is 1000. The average Bonchev–Trinajstić information content (AvgIpc) is 3.16. The van der Waals surface area contributed by atoms with E-state index in [4.69, 9.17) is 25.8 Å². The Morgan fingerprint density at radius 3 is 2.59 bits per heavy atom. The molecule has 0 aliphatic carbocycles. The number of halogens is 2. The Morgan fingerprint density at radius 1 is 1.19 bits per heavy atom. The van der Waals surface area contributed by atoms with Crippen LogP contribution in [0.4, 0.5) is 4.39 Å². The van der Waals surface area contributed by atoms with Crippen molar-refractivity contribution in [3.63, 3.8) is 0 Å². The van der Waals surface area contributed by atoms with Crippen molar-refractivity contribution in [2.75, 3.05) is 13.2 Å². The normalized spacial score (nSPS) is 32.7. The first-order chi connectivity index (χ1) is 15.1. The summed E-state index contributed by atoms with van der Waals surface area (Å²) < 4.78 is 31.3. The van der Waals surface area contributed by atoms with Crippen molar-refractivity contribution in [1.29, 1.82) is 0 Å². The van der Waals surface area contributed by atoms with Crippen LogP contribution >= 0.6 is 11.6 Å². The maximum absolute atomic E-state index is 14.3. The third-order valence-corrected chi connectivity index (χ3v) is 6.61. The summed E-state index contributed by atoms with van der Waals surface area (Å²) in [6.07, 6.45) is -5.69. The van der Waals surface area contributed by atoms with Crippen LogP contribution in [0.3, 0.4) is 0 Å². The van der Waals surface area contributed by atoms with Gasteiger partial charge >= 0.3 is 0 Å². The summed E-state index contributed by atoms with van der Waals surface area (Å²) in [4.78, 5) is 0. The Hall–Kier alpha value is -1.78. The highest BCUT2D eigenvalue weighted by molar-refractivity contribution is 6.31. The minimum Gasteiger partial charge on any atom is -0.491 e. The van der Waals surface area contributed by atoms with E-state index in [1.807, 2.05) is 0 Å². The molecule has 2 heterocycles. The third-order valence-electron chi connectivity index (χ3n) is 6.24. The van der Waals surface area contributed by atoms with Gasteiger partial charge < -0.3 is 34.6 Å². The molecule has 4 rings (SSSR count). The summed E-state index contributed by atoms with van der Waals surface area (Å²) in [5.41, 5.74) is 0.00567. The van der Waals surface area contributed by atoms with Crippen molar-refractivity contribution in [1.82, 2.24) is 0 Å². The van der Waals surface area contributed by atoms with Crippen molar-refractivity contribution in [2.24, 2.45) is 0 Å². The summed E-state index contributed by atoms with van der Waals surface area (Å²) in [6, 6.07) is 9.45. The molecular formula is C23H26ClFO7. The molecule has 32 heavy (non-hydrogen) atoms. The van der Waals surface area contributed by atoms with Gasteiger partial charge in [0.15, 0.2) is 11.6 Å². The lowest BCUT2D eigenvalue weighted by Crippen LogP contribution is -2.67. The number of rotatable bonds is 6. The maximum atomic E-state index is 14.3. The standard InChI is InChI=1S/C23H26ClFO7/c1-3-30-18-7-4-13(9-17(18)25)8-14-10-15(5-6-16(14)24)23-21(29)19(27)20(28)22(32-23,11-31-23)12(2)26/h4-7,9-10,12,19-21,26-29H,3,8,11H2,1-2H3/t12?,19-,20-,21+,22?,23?/m0/s1. The summed E-state index contributed by atoms with van der Waals surface area (Å²) in [5.74, 6) is -2.13. The van der Waals surface area contributed by atoms with Gasteiger partial charge in [-0.15, -0.1) is 0 Å². The monoisotopic (exact) mass is 468 g/mol. The summed E-state index contributed by atoms with van der Waals surface area (Å²) in [7, 11) is 0. The van der Waals surface area contributed by atoms with Crippen molar-refractivity contribution < 1.29 is 39.0 Å². The van der Waals surface area contributed by atoms with Gasteiger partial charge in [0.05, 0.1) is 19.3 Å². The fourth-order valence-electron chi connectivity index (χ4n) is 4.38. The van der Waals surface area contributed by atoms with Gasteiger partial charge in [0, 0.05) is 10.6 Å². The molecule has 3 unspecified atom stereocenters. The zero-order chi connectivity index (χ0) is 23.3. The molecule has 2 bridgehead atoms. The first kappa shape index (κ1) is 23.4. The molecule has 2 aromatic rings. The highest BCUT2D eigenvalue weighted by Crippen LogP contribution is 2.51. The zero-order valence-corrected chi connectivity index (χ0v) is 18.4. The fourth-order valence-corrected chi connectivity index (χ4v) is 4.56. The fraction of sp³-hybridized carbons (Fsp3) is 0.478. The summed E-state index contributed by atoms with van der Waals surface area (Å²) >= 11 is 6.38. The smallest absolute Gasteiger partial charge is 0.225 e. The van der Waals surface area contributed by atoms with Crippen LogP contribution in [0.25, 0.3) is 0 Å². The lowest BCUT2D eigenvalue weighted by molar-refractivity contribution is -0.336. The van der Waals surface area contributed by atoms with Gasteiger partial charge in [-0.05, 0) is 55.7 Å². The molecule has 0 saturated carbocycles. The van der Waals surface area contributed by atoms with E-state index in [-0.39, 0.29) is 18.8 Å². The second-order valence-corrected chi connectivity index (χ2v) is 8.66. The number of ether oxygens (including phenoxy) is 3. The van der Waals surface area contributed by atoms with Crippen LogP contribution in [-0.2, 0) is 21.7 Å². The predicted molar refractivity (Wildman–Crippen MR) is 113 cm³/mol. The molecule has 7 nitrogen and oxygen atoms in total. The number of aliphatic hydroxyl groups excluding tert-OH is 4. The van der Waals surface area contributed by atoms with Crippen LogP contribution in [0.5, 0.6) is 5.75 Å². The van der Waals surface area contributed by atoms with E-state index in [1.54, 1.807) is 37.3 Å². The first-order valence-corrected chi connectivity index (χ1v) is 10.8. The molecule has 2 aromatic carbocycles. The zero-order valence-electron chi connectivity index (χ0n) is 17.7. The van der Waals surface area contributed by atoms with Gasteiger partial charge in [-0.25, -0.2) is 4.39 Å². The van der Waals surface area contributed by atoms with E-state index < -0.39 is 41.6 Å². The summed E-state index contributed by atoms with van der Waals surface area (Å²) in [5, 5.41) is 42.3. The van der Waals surface area contributed by atoms with Crippen LogP contribution < -0.4 is 4.74 Å². The maximum Gasteiger partial charge on any atom is 0.225 e. The van der Waals surface area contributed by atoms with Crippen LogP contribution in [0.2, 0.25) is 5.02 Å². The number of hydrogen-bond acceptors (Lipinski definition) is 7. The highest BCUT2D eigenvalue weighted by atomic mass is 35.5. The van der Waals surface area contributed by atoms with E-state index in [0.717, 1.165) is 0 Å². The van der Waals surface area contributed by atoms with Crippen molar-refractivity contribution >= 4 is 11.6 Å². The molecule has 6 atom stereocenters. The third kappa shape index (κ3) is 3.60. The number of hydrogen-bond donors (Lipinski definition) is 4. The Kier molecular flexibility index (Phi) is 6.23. The average molecular weight is 469 g/mol. The molecule has 0 radical (unpaired) electrons. The molecule has 0 amide bonds. The first-order valence-electron chi connectivity index (χ1n) is 10.4. The second-order valence-electron chi connectivity index (χ2n) is 8.25. The van der Waals surface area contributed by atoms with Crippen LogP contribution in [-0.4, -0.2) is 63.7 Å². The van der Waals surface area contributed by atoms with Gasteiger partial charge in [-0.2, -0.15) is 0 Å². The Labute approximate surface area is 189 Å². The molecule has 2 aliphatic rings. The van der Waals surface area contributed by atoms with Crippen LogP contribution in [0.1, 0.15) is 30.5 Å². The Morgan fingerprint density at radius 2 is 1.94 bits per heavy atom. The van der Waals surface area contributed by atoms with Crippen LogP contribution in [0.15, 0.2) is 36.4 Å². The van der Waals surface area contributed by atoms with Crippen molar-refractivity contribution in [3.05, 3.63) is 63.9 Å². The molecule has 4 N–H and O–H groups in total. The molecular weight excluding hydrogens is 443 g/mol. The number of aliphatic hydroxyl groups is 4. The molecule has 0 spiro atoms. The minimum atomic E-state index is -1.81. The second kappa shape index (κ2) is 8.53. The molecule has 2 aliphatic heterocycles.